The summed E-state index contributed by atoms with van der Waals surface area (Å²) in [6, 6.07) is 26.9. The number of phenols is 1. The molecular weight excluding hydrogens is 512 g/mol. The zero-order valence-electron chi connectivity index (χ0n) is 22.1. The van der Waals surface area contributed by atoms with Crippen LogP contribution in [0.1, 0.15) is 35.3 Å². The van der Waals surface area contributed by atoms with Gasteiger partial charge in [-0.25, -0.2) is 8.42 Å². The molecule has 0 bridgehead atoms. The fourth-order valence-electron chi connectivity index (χ4n) is 3.94. The van der Waals surface area contributed by atoms with Gasteiger partial charge in [0.1, 0.15) is 11.5 Å². The molecule has 0 aliphatic heterocycles. The average molecular weight is 545 g/mol. The van der Waals surface area contributed by atoms with Gasteiger partial charge in [0.25, 0.3) is 5.91 Å². The summed E-state index contributed by atoms with van der Waals surface area (Å²) in [5.74, 6) is 0.673. The van der Waals surface area contributed by atoms with Crippen molar-refractivity contribution in [2.75, 3.05) is 16.6 Å². The summed E-state index contributed by atoms with van der Waals surface area (Å²) >= 11 is 0. The van der Waals surface area contributed by atoms with E-state index < -0.39 is 15.3 Å². The van der Waals surface area contributed by atoms with Crippen LogP contribution in [0.15, 0.2) is 91.0 Å². The van der Waals surface area contributed by atoms with Crippen LogP contribution in [-0.4, -0.2) is 31.3 Å². The second-order valence-electron chi connectivity index (χ2n) is 9.56. The summed E-state index contributed by atoms with van der Waals surface area (Å²) < 4.78 is 32.9. The summed E-state index contributed by atoms with van der Waals surface area (Å²) in [5, 5.41) is 11.9. The van der Waals surface area contributed by atoms with Crippen molar-refractivity contribution in [3.05, 3.63) is 108 Å². The minimum absolute atomic E-state index is 0.191. The molecule has 1 amide bonds. The SMILES string of the molecule is Cc1cc(NC(=O)c2cccc(-c3ccc(O)cc3)c2)ccc1OCCc1cccc(NS(=O)(=O)C(C)C)c1. The van der Waals surface area contributed by atoms with Crippen molar-refractivity contribution in [2.24, 2.45) is 0 Å². The smallest absolute Gasteiger partial charge is 0.255 e. The van der Waals surface area contributed by atoms with Crippen molar-refractivity contribution in [1.29, 1.82) is 0 Å². The number of hydrogen-bond acceptors (Lipinski definition) is 5. The molecule has 4 rings (SSSR count). The molecule has 0 aliphatic rings. The van der Waals surface area contributed by atoms with Crippen molar-refractivity contribution in [2.45, 2.75) is 32.4 Å². The van der Waals surface area contributed by atoms with Gasteiger partial charge in [0.15, 0.2) is 0 Å². The van der Waals surface area contributed by atoms with Crippen molar-refractivity contribution in [3.63, 3.8) is 0 Å². The quantitative estimate of drug-likeness (QED) is 0.215. The lowest BCUT2D eigenvalue weighted by Gasteiger charge is -2.13. The first kappa shape index (κ1) is 27.7. The minimum Gasteiger partial charge on any atom is -0.508 e. The number of amides is 1. The second-order valence-corrected chi connectivity index (χ2v) is 11.8. The van der Waals surface area contributed by atoms with Crippen molar-refractivity contribution < 1.29 is 23.1 Å². The first-order valence-corrected chi connectivity index (χ1v) is 14.2. The summed E-state index contributed by atoms with van der Waals surface area (Å²) in [4.78, 5) is 12.9. The number of aryl methyl sites for hydroxylation is 1. The van der Waals surface area contributed by atoms with Crippen LogP contribution in [0.5, 0.6) is 11.5 Å². The Morgan fingerprint density at radius 1 is 0.872 bits per heavy atom. The van der Waals surface area contributed by atoms with E-state index in [2.05, 4.69) is 10.0 Å². The molecule has 0 aromatic heterocycles. The van der Waals surface area contributed by atoms with Gasteiger partial charge in [-0.3, -0.25) is 9.52 Å². The van der Waals surface area contributed by atoms with E-state index in [4.69, 9.17) is 4.74 Å². The van der Waals surface area contributed by atoms with Crippen molar-refractivity contribution >= 4 is 27.3 Å². The number of rotatable bonds is 10. The van der Waals surface area contributed by atoms with Gasteiger partial charge in [-0.15, -0.1) is 0 Å². The summed E-state index contributed by atoms with van der Waals surface area (Å²) in [7, 11) is -3.40. The van der Waals surface area contributed by atoms with E-state index in [0.717, 1.165) is 22.3 Å². The van der Waals surface area contributed by atoms with Gasteiger partial charge < -0.3 is 15.2 Å². The monoisotopic (exact) mass is 544 g/mol. The molecule has 0 spiro atoms. The highest BCUT2D eigenvalue weighted by atomic mass is 32.2. The molecule has 0 saturated heterocycles. The summed E-state index contributed by atoms with van der Waals surface area (Å²) in [6.45, 7) is 5.60. The maximum absolute atomic E-state index is 12.9. The zero-order valence-corrected chi connectivity index (χ0v) is 23.0. The lowest BCUT2D eigenvalue weighted by Crippen LogP contribution is -2.22. The number of phenolic OH excluding ortho intramolecular Hbond substituents is 1. The molecule has 4 aromatic carbocycles. The molecule has 0 unspecified atom stereocenters. The first-order chi connectivity index (χ1) is 18.6. The average Bonchev–Trinajstić information content (AvgIpc) is 2.90. The molecule has 0 atom stereocenters. The minimum atomic E-state index is -3.40. The number of anilines is 2. The fraction of sp³-hybridized carbons (Fsp3) is 0.194. The number of aromatic hydroxyl groups is 1. The Hall–Kier alpha value is -4.30. The Bertz CT molecular complexity index is 1560. The Kier molecular flexibility index (Phi) is 8.56. The molecule has 8 heteroatoms. The molecule has 202 valence electrons. The number of carbonyl (C=O) groups is 1. The Labute approximate surface area is 229 Å². The van der Waals surface area contributed by atoms with Crippen LogP contribution in [0.4, 0.5) is 11.4 Å². The zero-order chi connectivity index (χ0) is 28.0. The van der Waals surface area contributed by atoms with Crippen LogP contribution in [0.2, 0.25) is 0 Å². The molecule has 3 N–H and O–H groups in total. The number of sulfonamides is 1. The fourth-order valence-corrected chi connectivity index (χ4v) is 4.63. The summed E-state index contributed by atoms with van der Waals surface area (Å²) in [6.07, 6.45) is 0.604. The number of benzene rings is 4. The van der Waals surface area contributed by atoms with Crippen LogP contribution < -0.4 is 14.8 Å². The molecule has 0 radical (unpaired) electrons. The predicted octanol–water partition coefficient (Wildman–Crippen LogP) is 6.39. The molecular formula is C31H32N2O5S. The maximum atomic E-state index is 12.9. The predicted molar refractivity (Wildman–Crippen MR) is 156 cm³/mol. The van der Waals surface area contributed by atoms with Gasteiger partial charge in [0, 0.05) is 23.4 Å². The lowest BCUT2D eigenvalue weighted by atomic mass is 10.0. The maximum Gasteiger partial charge on any atom is 0.255 e. The topological polar surface area (TPSA) is 105 Å². The molecule has 7 nitrogen and oxygen atoms in total. The van der Waals surface area contributed by atoms with Crippen molar-refractivity contribution in [3.8, 4) is 22.6 Å². The van der Waals surface area contributed by atoms with Crippen LogP contribution in [-0.2, 0) is 16.4 Å². The Balaban J connectivity index is 1.35. The third-order valence-electron chi connectivity index (χ3n) is 6.21. The van der Waals surface area contributed by atoms with E-state index >= 15 is 0 Å². The lowest BCUT2D eigenvalue weighted by molar-refractivity contribution is 0.102. The van der Waals surface area contributed by atoms with Crippen LogP contribution >= 0.6 is 0 Å². The van der Waals surface area contributed by atoms with Crippen LogP contribution in [0.3, 0.4) is 0 Å². The van der Waals surface area contributed by atoms with E-state index in [1.807, 2.05) is 55.5 Å². The van der Waals surface area contributed by atoms with Gasteiger partial charge >= 0.3 is 0 Å². The largest absolute Gasteiger partial charge is 0.508 e. The molecule has 0 aliphatic carbocycles. The molecule has 0 heterocycles. The molecule has 0 saturated carbocycles. The molecule has 39 heavy (non-hydrogen) atoms. The second kappa shape index (κ2) is 12.0. The molecule has 4 aromatic rings. The number of nitrogens with one attached hydrogen (secondary N) is 2. The van der Waals surface area contributed by atoms with Gasteiger partial charge in [-0.2, -0.15) is 0 Å². The normalized spacial score (nSPS) is 11.3. The summed E-state index contributed by atoms with van der Waals surface area (Å²) in [5.41, 5.74) is 5.33. The Morgan fingerprint density at radius 3 is 2.33 bits per heavy atom. The highest BCUT2D eigenvalue weighted by molar-refractivity contribution is 7.93. The number of carbonyl (C=O) groups excluding carboxylic acids is 1. The standard InChI is InChI=1S/C31H32N2O5S/c1-21(2)39(36,37)33-28-9-4-6-23(19-28)16-17-38-30-15-12-27(18-22(30)3)32-31(35)26-8-5-7-25(20-26)24-10-13-29(34)14-11-24/h4-15,18-21,33-34H,16-17H2,1-3H3,(H,32,35). The van der Waals surface area contributed by atoms with E-state index in [1.165, 1.54) is 0 Å². The first-order valence-electron chi connectivity index (χ1n) is 12.7. The third kappa shape index (κ3) is 7.39. The molecule has 0 fully saturated rings. The van der Waals surface area contributed by atoms with Gasteiger partial charge in [0.05, 0.1) is 11.9 Å². The van der Waals surface area contributed by atoms with E-state index in [0.29, 0.717) is 35.7 Å². The number of hydrogen-bond donors (Lipinski definition) is 3. The van der Waals surface area contributed by atoms with Crippen LogP contribution in [0, 0.1) is 6.92 Å². The highest BCUT2D eigenvalue weighted by Gasteiger charge is 2.15. The van der Waals surface area contributed by atoms with Crippen molar-refractivity contribution in [1.82, 2.24) is 0 Å². The van der Waals surface area contributed by atoms with Gasteiger partial charge in [-0.1, -0.05) is 36.4 Å². The van der Waals surface area contributed by atoms with E-state index in [-0.39, 0.29) is 11.7 Å². The van der Waals surface area contributed by atoms with E-state index in [9.17, 15) is 18.3 Å². The van der Waals surface area contributed by atoms with Crippen LogP contribution in [0.25, 0.3) is 11.1 Å². The van der Waals surface area contributed by atoms with Gasteiger partial charge in [0.2, 0.25) is 10.0 Å². The van der Waals surface area contributed by atoms with E-state index in [1.54, 1.807) is 56.3 Å². The number of ether oxygens (including phenoxy) is 1. The highest BCUT2D eigenvalue weighted by Crippen LogP contribution is 2.25. The third-order valence-corrected chi connectivity index (χ3v) is 7.98. The van der Waals surface area contributed by atoms with Gasteiger partial charge in [-0.05, 0) is 97.6 Å². The Morgan fingerprint density at radius 2 is 1.62 bits per heavy atom.